The Morgan fingerprint density at radius 3 is 1.90 bits per heavy atom. The van der Waals surface area contributed by atoms with Gasteiger partial charge in [-0.3, -0.25) is 4.79 Å². The molecular formula is C16H27N3O2. The highest BCUT2D eigenvalue weighted by Crippen LogP contribution is 2.31. The van der Waals surface area contributed by atoms with Crippen molar-refractivity contribution in [2.75, 3.05) is 13.1 Å². The normalized spacial score (nSPS) is 24.7. The first-order valence-corrected chi connectivity index (χ1v) is 8.58. The molecule has 2 N–H and O–H groups in total. The molecule has 1 saturated heterocycles. The van der Waals surface area contributed by atoms with Crippen molar-refractivity contribution in [1.82, 2.24) is 15.5 Å². The van der Waals surface area contributed by atoms with Gasteiger partial charge in [-0.15, -0.1) is 0 Å². The molecule has 3 amide bonds. The van der Waals surface area contributed by atoms with Crippen LogP contribution in [0.15, 0.2) is 0 Å². The van der Waals surface area contributed by atoms with Crippen LogP contribution in [0.5, 0.6) is 0 Å². The average Bonchev–Trinajstić information content (AvgIpc) is 3.33. The summed E-state index contributed by atoms with van der Waals surface area (Å²) in [4.78, 5) is 26.0. The fourth-order valence-electron chi connectivity index (χ4n) is 3.49. The Morgan fingerprint density at radius 1 is 0.762 bits per heavy atom. The van der Waals surface area contributed by atoms with Crippen LogP contribution in [0, 0.1) is 5.92 Å². The molecule has 3 aliphatic rings. The number of piperidine rings is 1. The number of nitrogens with zero attached hydrogens (tertiary/aromatic N) is 1. The Morgan fingerprint density at radius 2 is 1.33 bits per heavy atom. The first kappa shape index (κ1) is 14.7. The topological polar surface area (TPSA) is 61.4 Å². The van der Waals surface area contributed by atoms with Crippen molar-refractivity contribution >= 4 is 11.9 Å². The van der Waals surface area contributed by atoms with E-state index in [-0.39, 0.29) is 12.1 Å². The highest BCUT2D eigenvalue weighted by atomic mass is 16.2. The van der Waals surface area contributed by atoms with E-state index < -0.39 is 0 Å². The van der Waals surface area contributed by atoms with Gasteiger partial charge in [0.25, 0.3) is 0 Å². The molecule has 0 unspecified atom stereocenters. The highest BCUT2D eigenvalue weighted by Gasteiger charge is 2.35. The van der Waals surface area contributed by atoms with Gasteiger partial charge < -0.3 is 15.5 Å². The van der Waals surface area contributed by atoms with Crippen molar-refractivity contribution in [3.8, 4) is 0 Å². The van der Waals surface area contributed by atoms with E-state index in [1.807, 2.05) is 4.90 Å². The second kappa shape index (κ2) is 6.67. The van der Waals surface area contributed by atoms with Crippen LogP contribution in [-0.4, -0.2) is 42.0 Å². The minimum absolute atomic E-state index is 0.0196. The van der Waals surface area contributed by atoms with Crippen LogP contribution in [0.4, 0.5) is 4.79 Å². The monoisotopic (exact) mass is 293 g/mol. The second-order valence-corrected chi connectivity index (χ2v) is 6.83. The molecule has 5 heteroatoms. The van der Waals surface area contributed by atoms with Gasteiger partial charge in [0, 0.05) is 31.1 Å². The van der Waals surface area contributed by atoms with Crippen LogP contribution in [0.3, 0.4) is 0 Å². The van der Waals surface area contributed by atoms with E-state index in [9.17, 15) is 9.59 Å². The van der Waals surface area contributed by atoms with Crippen LogP contribution in [-0.2, 0) is 4.79 Å². The number of nitrogens with one attached hydrogen (secondary N) is 2. The zero-order valence-electron chi connectivity index (χ0n) is 12.8. The van der Waals surface area contributed by atoms with E-state index in [1.165, 1.54) is 19.3 Å². The third-order valence-corrected chi connectivity index (χ3v) is 5.01. The van der Waals surface area contributed by atoms with E-state index >= 15 is 0 Å². The molecule has 0 atom stereocenters. The smallest absolute Gasteiger partial charge is 0.315 e. The Kier molecular flexibility index (Phi) is 4.66. The van der Waals surface area contributed by atoms with Crippen molar-refractivity contribution < 1.29 is 9.59 Å². The predicted octanol–water partition coefficient (Wildman–Crippen LogP) is 2.02. The van der Waals surface area contributed by atoms with Gasteiger partial charge in [0.1, 0.15) is 0 Å². The number of rotatable bonds is 3. The van der Waals surface area contributed by atoms with Crippen LogP contribution < -0.4 is 10.6 Å². The quantitative estimate of drug-likeness (QED) is 0.836. The van der Waals surface area contributed by atoms with Gasteiger partial charge in [-0.25, -0.2) is 4.79 Å². The van der Waals surface area contributed by atoms with Gasteiger partial charge in [0.05, 0.1) is 0 Å². The summed E-state index contributed by atoms with van der Waals surface area (Å²) in [5.41, 5.74) is 0. The Bertz CT molecular complexity index is 381. The van der Waals surface area contributed by atoms with Crippen molar-refractivity contribution in [3.05, 3.63) is 0 Å². The first-order valence-electron chi connectivity index (χ1n) is 8.58. The third-order valence-electron chi connectivity index (χ3n) is 5.01. The standard InChI is InChI=1S/C16H27N3O2/c20-15(12-6-7-12)19-10-8-14(9-11-19)18-16(21)17-13-4-2-1-3-5-13/h12-14H,1-11H2,(H2,17,18,21). The van der Waals surface area contributed by atoms with Crippen LogP contribution in [0.25, 0.3) is 0 Å². The number of likely N-dealkylation sites (tertiary alicyclic amines) is 1. The lowest BCUT2D eigenvalue weighted by molar-refractivity contribution is -0.133. The zero-order valence-corrected chi connectivity index (χ0v) is 12.8. The molecule has 2 saturated carbocycles. The van der Waals surface area contributed by atoms with Gasteiger partial charge in [-0.1, -0.05) is 19.3 Å². The third kappa shape index (κ3) is 4.11. The molecule has 0 aromatic carbocycles. The minimum atomic E-state index is -0.0196. The van der Waals surface area contributed by atoms with Gasteiger partial charge in [-0.2, -0.15) is 0 Å². The molecule has 1 aliphatic heterocycles. The molecule has 0 spiro atoms. The number of urea groups is 1. The SMILES string of the molecule is O=C(NC1CCCCC1)NC1CCN(C(=O)C2CC2)CC1. The lowest BCUT2D eigenvalue weighted by atomic mass is 9.96. The molecule has 0 aromatic heterocycles. The van der Waals surface area contributed by atoms with Crippen LogP contribution >= 0.6 is 0 Å². The Labute approximate surface area is 126 Å². The highest BCUT2D eigenvalue weighted by molar-refractivity contribution is 5.81. The summed E-state index contributed by atoms with van der Waals surface area (Å²) in [6.07, 6.45) is 9.89. The zero-order chi connectivity index (χ0) is 14.7. The van der Waals surface area contributed by atoms with Crippen molar-refractivity contribution in [3.63, 3.8) is 0 Å². The molecule has 118 valence electrons. The van der Waals surface area contributed by atoms with Crippen molar-refractivity contribution in [2.45, 2.75) is 69.9 Å². The van der Waals surface area contributed by atoms with Gasteiger partial charge in [0.15, 0.2) is 0 Å². The summed E-state index contributed by atoms with van der Waals surface area (Å²) < 4.78 is 0. The molecule has 21 heavy (non-hydrogen) atoms. The first-order chi connectivity index (χ1) is 10.2. The van der Waals surface area contributed by atoms with E-state index in [0.29, 0.717) is 17.9 Å². The Hall–Kier alpha value is -1.26. The minimum Gasteiger partial charge on any atom is -0.342 e. The molecule has 2 aliphatic carbocycles. The molecule has 0 radical (unpaired) electrons. The van der Waals surface area contributed by atoms with Crippen molar-refractivity contribution in [1.29, 1.82) is 0 Å². The summed E-state index contributed by atoms with van der Waals surface area (Å²) in [5.74, 6) is 0.643. The van der Waals surface area contributed by atoms with Gasteiger partial charge >= 0.3 is 6.03 Å². The summed E-state index contributed by atoms with van der Waals surface area (Å²) >= 11 is 0. The van der Waals surface area contributed by atoms with Gasteiger partial charge in [-0.05, 0) is 38.5 Å². The molecule has 0 aromatic rings. The lowest BCUT2D eigenvalue weighted by Crippen LogP contribution is -2.51. The molecule has 5 nitrogen and oxygen atoms in total. The number of amides is 3. The van der Waals surface area contributed by atoms with Crippen LogP contribution in [0.2, 0.25) is 0 Å². The molecular weight excluding hydrogens is 266 g/mol. The molecule has 3 fully saturated rings. The summed E-state index contributed by atoms with van der Waals surface area (Å²) in [7, 11) is 0. The molecule has 0 bridgehead atoms. The maximum absolute atomic E-state index is 12.0. The fraction of sp³-hybridized carbons (Fsp3) is 0.875. The predicted molar refractivity (Wildman–Crippen MR) is 80.9 cm³/mol. The lowest BCUT2D eigenvalue weighted by Gasteiger charge is -2.33. The molecule has 1 heterocycles. The largest absolute Gasteiger partial charge is 0.342 e. The number of hydrogen-bond donors (Lipinski definition) is 2. The average molecular weight is 293 g/mol. The van der Waals surface area contributed by atoms with Crippen molar-refractivity contribution in [2.24, 2.45) is 5.92 Å². The van der Waals surface area contributed by atoms with Gasteiger partial charge in [0.2, 0.25) is 5.91 Å². The number of carbonyl (C=O) groups excluding carboxylic acids is 2. The number of hydrogen-bond acceptors (Lipinski definition) is 2. The maximum Gasteiger partial charge on any atom is 0.315 e. The Balaban J connectivity index is 1.36. The molecule has 3 rings (SSSR count). The van der Waals surface area contributed by atoms with Crippen LogP contribution in [0.1, 0.15) is 57.8 Å². The second-order valence-electron chi connectivity index (χ2n) is 6.83. The van der Waals surface area contributed by atoms with E-state index in [2.05, 4.69) is 10.6 Å². The van der Waals surface area contributed by atoms with E-state index in [0.717, 1.165) is 51.6 Å². The summed E-state index contributed by atoms with van der Waals surface area (Å²) in [6, 6.07) is 0.556. The number of carbonyl (C=O) groups is 2. The maximum atomic E-state index is 12.0. The fourth-order valence-corrected chi connectivity index (χ4v) is 3.49. The summed E-state index contributed by atoms with van der Waals surface area (Å²) in [5, 5.41) is 6.18. The van der Waals surface area contributed by atoms with E-state index in [4.69, 9.17) is 0 Å². The van der Waals surface area contributed by atoms with E-state index in [1.54, 1.807) is 0 Å². The summed E-state index contributed by atoms with van der Waals surface area (Å²) in [6.45, 7) is 1.59.